The summed E-state index contributed by atoms with van der Waals surface area (Å²) in [6.07, 6.45) is 5.27. The summed E-state index contributed by atoms with van der Waals surface area (Å²) >= 11 is 0. The van der Waals surface area contributed by atoms with E-state index in [0.29, 0.717) is 31.1 Å². The van der Waals surface area contributed by atoms with Crippen molar-refractivity contribution in [2.24, 2.45) is 0 Å². The maximum Gasteiger partial charge on any atom is 0.340 e. The predicted octanol–water partition coefficient (Wildman–Crippen LogP) is 4.13. The first-order valence-corrected chi connectivity index (χ1v) is 8.58. The lowest BCUT2D eigenvalue weighted by atomic mass is 10.1. The van der Waals surface area contributed by atoms with E-state index in [2.05, 4.69) is 16.1 Å². The van der Waals surface area contributed by atoms with Crippen LogP contribution in [0.1, 0.15) is 28.5 Å². The highest BCUT2D eigenvalue weighted by atomic mass is 16.5. The molecule has 0 N–H and O–H groups in total. The SMILES string of the molecule is C=CCOc1ccc2c(c1)c(C(=O)OCC)c(C)n2Cc1cccnc1. The van der Waals surface area contributed by atoms with Crippen LogP contribution in [-0.4, -0.2) is 28.7 Å². The van der Waals surface area contributed by atoms with Gasteiger partial charge in [-0.15, -0.1) is 0 Å². The van der Waals surface area contributed by atoms with Crippen molar-refractivity contribution >= 4 is 16.9 Å². The van der Waals surface area contributed by atoms with E-state index >= 15 is 0 Å². The number of pyridine rings is 1. The average molecular weight is 350 g/mol. The zero-order valence-corrected chi connectivity index (χ0v) is 15.1. The third-order valence-electron chi connectivity index (χ3n) is 4.21. The zero-order valence-electron chi connectivity index (χ0n) is 15.1. The second-order valence-corrected chi connectivity index (χ2v) is 5.91. The number of nitrogens with zero attached hydrogens (tertiary/aromatic N) is 2. The third-order valence-corrected chi connectivity index (χ3v) is 4.21. The maximum absolute atomic E-state index is 12.6. The topological polar surface area (TPSA) is 53.4 Å². The zero-order chi connectivity index (χ0) is 18.5. The van der Waals surface area contributed by atoms with Gasteiger partial charge in [0.1, 0.15) is 12.4 Å². The number of hydrogen-bond donors (Lipinski definition) is 0. The van der Waals surface area contributed by atoms with Crippen molar-refractivity contribution in [3.8, 4) is 5.75 Å². The van der Waals surface area contributed by atoms with Gasteiger partial charge in [0.25, 0.3) is 0 Å². The number of benzene rings is 1. The van der Waals surface area contributed by atoms with Crippen molar-refractivity contribution in [1.29, 1.82) is 0 Å². The first-order chi connectivity index (χ1) is 12.7. The number of hydrogen-bond acceptors (Lipinski definition) is 4. The molecule has 0 amide bonds. The van der Waals surface area contributed by atoms with Crippen LogP contribution in [0.15, 0.2) is 55.4 Å². The van der Waals surface area contributed by atoms with E-state index in [4.69, 9.17) is 9.47 Å². The molecule has 0 radical (unpaired) electrons. The molecule has 0 aliphatic carbocycles. The second-order valence-electron chi connectivity index (χ2n) is 5.91. The van der Waals surface area contributed by atoms with E-state index in [1.54, 1.807) is 19.2 Å². The van der Waals surface area contributed by atoms with E-state index < -0.39 is 0 Å². The molecule has 0 fully saturated rings. The van der Waals surface area contributed by atoms with Gasteiger partial charge in [0.15, 0.2) is 0 Å². The Morgan fingerprint density at radius 1 is 1.35 bits per heavy atom. The van der Waals surface area contributed by atoms with Gasteiger partial charge < -0.3 is 14.0 Å². The van der Waals surface area contributed by atoms with Crippen molar-refractivity contribution in [2.75, 3.05) is 13.2 Å². The van der Waals surface area contributed by atoms with Gasteiger partial charge >= 0.3 is 5.97 Å². The molecule has 0 aliphatic rings. The van der Waals surface area contributed by atoms with Crippen molar-refractivity contribution in [3.63, 3.8) is 0 Å². The molecule has 0 unspecified atom stereocenters. The van der Waals surface area contributed by atoms with E-state index in [9.17, 15) is 4.79 Å². The molecule has 2 aromatic heterocycles. The molecular weight excluding hydrogens is 328 g/mol. The summed E-state index contributed by atoms with van der Waals surface area (Å²) in [7, 11) is 0. The molecule has 1 aromatic carbocycles. The number of fused-ring (bicyclic) bond motifs is 1. The van der Waals surface area contributed by atoms with Gasteiger partial charge in [0.05, 0.1) is 12.2 Å². The van der Waals surface area contributed by atoms with E-state index in [0.717, 1.165) is 22.2 Å². The van der Waals surface area contributed by atoms with Crippen LogP contribution < -0.4 is 4.74 Å². The van der Waals surface area contributed by atoms with Crippen molar-refractivity contribution in [1.82, 2.24) is 9.55 Å². The number of aromatic nitrogens is 2. The first kappa shape index (κ1) is 17.7. The lowest BCUT2D eigenvalue weighted by Crippen LogP contribution is -2.08. The minimum atomic E-state index is -0.319. The van der Waals surface area contributed by atoms with Gasteiger partial charge in [-0.3, -0.25) is 4.98 Å². The summed E-state index contributed by atoms with van der Waals surface area (Å²) in [6, 6.07) is 9.69. The maximum atomic E-state index is 12.6. The van der Waals surface area contributed by atoms with Crippen LogP contribution in [0.25, 0.3) is 10.9 Å². The Labute approximate surface area is 152 Å². The molecule has 134 valence electrons. The lowest BCUT2D eigenvalue weighted by molar-refractivity contribution is 0.0527. The second kappa shape index (κ2) is 7.87. The molecule has 5 heteroatoms. The van der Waals surface area contributed by atoms with Gasteiger partial charge in [-0.2, -0.15) is 0 Å². The summed E-state index contributed by atoms with van der Waals surface area (Å²) in [5.41, 5.74) is 3.47. The number of esters is 1. The Hall–Kier alpha value is -3.08. The van der Waals surface area contributed by atoms with Crippen molar-refractivity contribution < 1.29 is 14.3 Å². The van der Waals surface area contributed by atoms with Crippen LogP contribution in [0, 0.1) is 6.92 Å². The Kier molecular flexibility index (Phi) is 5.37. The third kappa shape index (κ3) is 3.47. The molecule has 0 bridgehead atoms. The number of rotatable bonds is 7. The van der Waals surface area contributed by atoms with Gasteiger partial charge in [-0.25, -0.2) is 4.79 Å². The minimum absolute atomic E-state index is 0.319. The predicted molar refractivity (Wildman–Crippen MR) is 102 cm³/mol. The van der Waals surface area contributed by atoms with Crippen molar-refractivity contribution in [2.45, 2.75) is 20.4 Å². The molecule has 0 aliphatic heterocycles. The molecule has 26 heavy (non-hydrogen) atoms. The minimum Gasteiger partial charge on any atom is -0.490 e. The van der Waals surface area contributed by atoms with E-state index in [-0.39, 0.29) is 5.97 Å². The fourth-order valence-electron chi connectivity index (χ4n) is 3.05. The smallest absolute Gasteiger partial charge is 0.340 e. The van der Waals surface area contributed by atoms with Crippen LogP contribution in [0.2, 0.25) is 0 Å². The molecule has 0 saturated carbocycles. The highest BCUT2D eigenvalue weighted by molar-refractivity contribution is 6.06. The Balaban J connectivity index is 2.13. The number of carbonyl (C=O) groups is 1. The standard InChI is InChI=1S/C21H22N2O3/c1-4-11-26-17-8-9-19-18(12-17)20(21(24)25-5-2)15(3)23(19)14-16-7-6-10-22-13-16/h4,6-10,12-13H,1,5,11,14H2,2-3H3. The molecule has 2 heterocycles. The molecule has 3 rings (SSSR count). The molecule has 5 nitrogen and oxygen atoms in total. The average Bonchev–Trinajstić information content (AvgIpc) is 2.92. The highest BCUT2D eigenvalue weighted by Crippen LogP contribution is 2.30. The fourth-order valence-corrected chi connectivity index (χ4v) is 3.05. The van der Waals surface area contributed by atoms with Crippen molar-refractivity contribution in [3.05, 3.63) is 72.2 Å². The highest BCUT2D eigenvalue weighted by Gasteiger charge is 2.21. The Morgan fingerprint density at radius 3 is 2.88 bits per heavy atom. The van der Waals surface area contributed by atoms with E-state index in [1.165, 1.54) is 0 Å². The van der Waals surface area contributed by atoms with Crippen LogP contribution in [0.5, 0.6) is 5.75 Å². The van der Waals surface area contributed by atoms with Gasteiger partial charge in [0.2, 0.25) is 0 Å². The summed E-state index contributed by atoms with van der Waals surface area (Å²) in [5.74, 6) is 0.377. The Bertz CT molecular complexity index is 929. The van der Waals surface area contributed by atoms with Crippen LogP contribution in [0.3, 0.4) is 0 Å². The summed E-state index contributed by atoms with van der Waals surface area (Å²) in [6.45, 7) is 8.78. The number of carbonyl (C=O) groups excluding carboxylic acids is 1. The Morgan fingerprint density at radius 2 is 2.19 bits per heavy atom. The largest absolute Gasteiger partial charge is 0.490 e. The normalized spacial score (nSPS) is 10.7. The van der Waals surface area contributed by atoms with E-state index in [1.807, 2.05) is 43.5 Å². The van der Waals surface area contributed by atoms with Gasteiger partial charge in [0, 0.05) is 35.5 Å². The number of ether oxygens (including phenoxy) is 2. The quantitative estimate of drug-likeness (QED) is 0.475. The molecule has 0 atom stereocenters. The molecule has 3 aromatic rings. The molecule has 0 spiro atoms. The molecule has 0 saturated heterocycles. The summed E-state index contributed by atoms with van der Waals surface area (Å²) in [5, 5.41) is 0.825. The first-order valence-electron chi connectivity index (χ1n) is 8.58. The van der Waals surface area contributed by atoms with Gasteiger partial charge in [-0.1, -0.05) is 18.7 Å². The fraction of sp³-hybridized carbons (Fsp3) is 0.238. The summed E-state index contributed by atoms with van der Waals surface area (Å²) < 4.78 is 13.0. The monoisotopic (exact) mass is 350 g/mol. The molecular formula is C21H22N2O3. The van der Waals surface area contributed by atoms with Crippen LogP contribution in [-0.2, 0) is 11.3 Å². The van der Waals surface area contributed by atoms with Crippen LogP contribution >= 0.6 is 0 Å². The van der Waals surface area contributed by atoms with Gasteiger partial charge in [-0.05, 0) is 43.7 Å². The van der Waals surface area contributed by atoms with Crippen LogP contribution in [0.4, 0.5) is 0 Å². The summed E-state index contributed by atoms with van der Waals surface area (Å²) in [4.78, 5) is 16.7. The lowest BCUT2D eigenvalue weighted by Gasteiger charge is -2.09.